The van der Waals surface area contributed by atoms with Gasteiger partial charge in [-0.2, -0.15) is 18.2 Å². The first-order valence-corrected chi connectivity index (χ1v) is 8.10. The van der Waals surface area contributed by atoms with Crippen LogP contribution in [-0.4, -0.2) is 27.0 Å². The van der Waals surface area contributed by atoms with Crippen molar-refractivity contribution in [2.75, 3.05) is 0 Å². The molecule has 1 unspecified atom stereocenters. The molecule has 0 aliphatic carbocycles. The molecule has 0 saturated carbocycles. The Morgan fingerprint density at radius 3 is 2.38 bits per heavy atom. The van der Waals surface area contributed by atoms with Gasteiger partial charge in [0, 0.05) is 23.7 Å². The minimum absolute atomic E-state index is 0.0328. The monoisotopic (exact) mass is 367 g/mol. The van der Waals surface area contributed by atoms with E-state index >= 15 is 0 Å². The van der Waals surface area contributed by atoms with Crippen molar-refractivity contribution in [1.29, 1.82) is 0 Å². The number of benzene rings is 1. The summed E-state index contributed by atoms with van der Waals surface area (Å²) in [6.45, 7) is 9.68. The third-order valence-electron chi connectivity index (χ3n) is 3.98. The number of amides is 1. The molecule has 0 spiro atoms. The van der Waals surface area contributed by atoms with E-state index in [2.05, 4.69) is 21.2 Å². The van der Waals surface area contributed by atoms with Gasteiger partial charge in [0.2, 0.25) is 11.7 Å². The summed E-state index contributed by atoms with van der Waals surface area (Å²) in [4.78, 5) is 17.4. The van der Waals surface area contributed by atoms with Gasteiger partial charge < -0.3 is 9.42 Å². The highest BCUT2D eigenvalue weighted by atomic mass is 19.4. The fourth-order valence-corrected chi connectivity index (χ4v) is 2.31. The number of nitrogens with zero attached hydrogens (tertiary/aromatic N) is 3. The molecule has 0 saturated heterocycles. The molecule has 1 aromatic heterocycles. The Balaban J connectivity index is 2.19. The lowest BCUT2D eigenvalue weighted by Gasteiger charge is -2.29. The largest absolute Gasteiger partial charge is 0.471 e. The Morgan fingerprint density at radius 1 is 1.31 bits per heavy atom. The summed E-state index contributed by atoms with van der Waals surface area (Å²) in [5.41, 5.74) is 1.69. The first kappa shape index (κ1) is 19.7. The normalized spacial score (nSPS) is 12.7. The third kappa shape index (κ3) is 4.50. The maximum Gasteiger partial charge on any atom is 0.471 e. The standard InChI is InChI=1S/C18H20F3N3O2/c1-5-12(4)24(16(25)11(2)3)10-13-6-8-14(9-7-13)15-22-17(26-23-15)18(19,20)21/h6-9,12H,2,5,10H2,1,3-4H3. The van der Waals surface area contributed by atoms with Crippen LogP contribution in [0.5, 0.6) is 0 Å². The van der Waals surface area contributed by atoms with Crippen molar-refractivity contribution in [3.8, 4) is 11.4 Å². The van der Waals surface area contributed by atoms with Crippen LogP contribution in [0.1, 0.15) is 38.6 Å². The van der Waals surface area contributed by atoms with Gasteiger partial charge in [0.15, 0.2) is 0 Å². The highest BCUT2D eigenvalue weighted by Crippen LogP contribution is 2.29. The van der Waals surface area contributed by atoms with Gasteiger partial charge in [-0.05, 0) is 25.8 Å². The molecule has 0 aliphatic rings. The summed E-state index contributed by atoms with van der Waals surface area (Å²) in [5.74, 6) is -1.65. The molecule has 5 nitrogen and oxygen atoms in total. The average molecular weight is 367 g/mol. The Bertz CT molecular complexity index is 782. The highest BCUT2D eigenvalue weighted by molar-refractivity contribution is 5.92. The van der Waals surface area contributed by atoms with Crippen LogP contribution in [0.15, 0.2) is 40.9 Å². The topological polar surface area (TPSA) is 59.2 Å². The number of hydrogen-bond acceptors (Lipinski definition) is 4. The van der Waals surface area contributed by atoms with Crippen molar-refractivity contribution in [2.45, 2.75) is 46.0 Å². The number of carbonyl (C=O) groups is 1. The smallest absolute Gasteiger partial charge is 0.332 e. The van der Waals surface area contributed by atoms with Gasteiger partial charge in [-0.15, -0.1) is 0 Å². The second kappa shape index (κ2) is 7.72. The van der Waals surface area contributed by atoms with Crippen molar-refractivity contribution in [3.05, 3.63) is 47.9 Å². The van der Waals surface area contributed by atoms with E-state index in [9.17, 15) is 18.0 Å². The van der Waals surface area contributed by atoms with Crippen molar-refractivity contribution in [3.63, 3.8) is 0 Å². The number of aromatic nitrogens is 2. The van der Waals surface area contributed by atoms with Gasteiger partial charge in [0.25, 0.3) is 0 Å². The van der Waals surface area contributed by atoms with E-state index in [-0.39, 0.29) is 17.8 Å². The third-order valence-corrected chi connectivity index (χ3v) is 3.98. The number of rotatable bonds is 6. The Morgan fingerprint density at radius 2 is 1.92 bits per heavy atom. The molecule has 0 N–H and O–H groups in total. The van der Waals surface area contributed by atoms with Crippen molar-refractivity contribution in [2.24, 2.45) is 0 Å². The SMILES string of the molecule is C=C(C)C(=O)N(Cc1ccc(-c2noc(C(F)(F)F)n2)cc1)C(C)CC. The average Bonchev–Trinajstić information content (AvgIpc) is 3.09. The number of hydrogen-bond donors (Lipinski definition) is 0. The molecule has 1 aromatic carbocycles. The fraction of sp³-hybridized carbons (Fsp3) is 0.389. The van der Waals surface area contributed by atoms with Crippen LogP contribution in [0.2, 0.25) is 0 Å². The minimum Gasteiger partial charge on any atom is -0.332 e. The van der Waals surface area contributed by atoms with E-state index in [4.69, 9.17) is 0 Å². The van der Waals surface area contributed by atoms with E-state index < -0.39 is 12.1 Å². The predicted molar refractivity (Wildman–Crippen MR) is 89.9 cm³/mol. The zero-order valence-electron chi connectivity index (χ0n) is 14.8. The Kier molecular flexibility index (Phi) is 5.84. The van der Waals surface area contributed by atoms with Gasteiger partial charge in [-0.25, -0.2) is 0 Å². The van der Waals surface area contributed by atoms with Crippen molar-refractivity contribution in [1.82, 2.24) is 15.0 Å². The molecule has 1 heterocycles. The molecular formula is C18H20F3N3O2. The van der Waals surface area contributed by atoms with Crippen LogP contribution in [-0.2, 0) is 17.5 Å². The molecule has 8 heteroatoms. The van der Waals surface area contributed by atoms with Gasteiger partial charge in [0.05, 0.1) is 0 Å². The molecule has 2 rings (SSSR count). The first-order chi connectivity index (χ1) is 12.1. The molecule has 2 aromatic rings. The summed E-state index contributed by atoms with van der Waals surface area (Å²) in [6.07, 6.45) is -3.88. The lowest BCUT2D eigenvalue weighted by Crippen LogP contribution is -2.38. The zero-order chi connectivity index (χ0) is 19.5. The molecular weight excluding hydrogens is 347 g/mol. The van der Waals surface area contributed by atoms with E-state index in [1.165, 1.54) is 0 Å². The molecule has 1 atom stereocenters. The van der Waals surface area contributed by atoms with E-state index in [0.717, 1.165) is 12.0 Å². The summed E-state index contributed by atoms with van der Waals surface area (Å²) in [7, 11) is 0. The minimum atomic E-state index is -4.68. The second-order valence-electron chi connectivity index (χ2n) is 6.09. The fourth-order valence-electron chi connectivity index (χ4n) is 2.31. The zero-order valence-corrected chi connectivity index (χ0v) is 14.8. The number of alkyl halides is 3. The maximum absolute atomic E-state index is 12.5. The predicted octanol–water partition coefficient (Wildman–Crippen LogP) is 4.46. The van der Waals surface area contributed by atoms with Crippen LogP contribution in [0.4, 0.5) is 13.2 Å². The van der Waals surface area contributed by atoms with Gasteiger partial charge in [0.1, 0.15) is 0 Å². The van der Waals surface area contributed by atoms with Crippen LogP contribution in [0, 0.1) is 0 Å². The lowest BCUT2D eigenvalue weighted by atomic mass is 10.1. The quantitative estimate of drug-likeness (QED) is 0.708. The lowest BCUT2D eigenvalue weighted by molar-refractivity contribution is -0.159. The Labute approximate surface area is 149 Å². The first-order valence-electron chi connectivity index (χ1n) is 8.10. The number of halogens is 3. The summed E-state index contributed by atoms with van der Waals surface area (Å²) in [6, 6.07) is 6.67. The van der Waals surface area contributed by atoms with E-state index in [1.807, 2.05) is 13.8 Å². The molecule has 0 fully saturated rings. The summed E-state index contributed by atoms with van der Waals surface area (Å²) < 4.78 is 41.8. The molecule has 1 amide bonds. The molecule has 0 bridgehead atoms. The molecule has 140 valence electrons. The van der Waals surface area contributed by atoms with Crippen LogP contribution >= 0.6 is 0 Å². The maximum atomic E-state index is 12.5. The summed E-state index contributed by atoms with van der Waals surface area (Å²) in [5, 5.41) is 3.35. The number of carbonyl (C=O) groups excluding carboxylic acids is 1. The van der Waals surface area contributed by atoms with Crippen LogP contribution < -0.4 is 0 Å². The Hall–Kier alpha value is -2.64. The second-order valence-corrected chi connectivity index (χ2v) is 6.09. The van der Waals surface area contributed by atoms with Crippen LogP contribution in [0.25, 0.3) is 11.4 Å². The van der Waals surface area contributed by atoms with Gasteiger partial charge >= 0.3 is 12.1 Å². The molecule has 0 aliphatic heterocycles. The van der Waals surface area contributed by atoms with Crippen molar-refractivity contribution < 1.29 is 22.5 Å². The van der Waals surface area contributed by atoms with Gasteiger partial charge in [-0.1, -0.05) is 42.9 Å². The molecule has 26 heavy (non-hydrogen) atoms. The highest BCUT2D eigenvalue weighted by Gasteiger charge is 2.38. The summed E-state index contributed by atoms with van der Waals surface area (Å²) >= 11 is 0. The van der Waals surface area contributed by atoms with E-state index in [1.54, 1.807) is 36.1 Å². The van der Waals surface area contributed by atoms with E-state index in [0.29, 0.717) is 17.7 Å². The van der Waals surface area contributed by atoms with Crippen molar-refractivity contribution >= 4 is 5.91 Å². The van der Waals surface area contributed by atoms with Gasteiger partial charge in [-0.3, -0.25) is 4.79 Å². The molecule has 0 radical (unpaired) electrons. The van der Waals surface area contributed by atoms with Crippen LogP contribution in [0.3, 0.4) is 0 Å².